The third kappa shape index (κ3) is 2.65. The molecule has 12 nitrogen and oxygen atoms in total. The van der Waals surface area contributed by atoms with Gasteiger partial charge in [0.1, 0.15) is 24.4 Å². The molecule has 3 rings (SSSR count). The van der Waals surface area contributed by atoms with Crippen LogP contribution in [0.5, 0.6) is 0 Å². The lowest BCUT2D eigenvalue weighted by Crippen LogP contribution is -2.61. The Hall–Kier alpha value is -2.38. The fourth-order valence-electron chi connectivity index (χ4n) is 2.55. The van der Waals surface area contributed by atoms with Crippen LogP contribution in [0.1, 0.15) is 0 Å². The smallest absolute Gasteiger partial charge is 0.300 e. The van der Waals surface area contributed by atoms with Crippen molar-refractivity contribution in [3.05, 3.63) is 22.2 Å². The average Bonchev–Trinajstić information content (AvgIpc) is 3.04. The van der Waals surface area contributed by atoms with Crippen molar-refractivity contribution < 1.29 is 34.7 Å². The summed E-state index contributed by atoms with van der Waals surface area (Å²) in [5.74, 6) is 0. The zero-order chi connectivity index (χ0) is 17.4. The number of nitro groups is 1. The Kier molecular flexibility index (Phi) is 4.29. The number of anilines is 1. The Morgan fingerprint density at radius 2 is 1.92 bits per heavy atom. The van der Waals surface area contributed by atoms with E-state index < -0.39 is 42.2 Å². The van der Waals surface area contributed by atoms with Gasteiger partial charge < -0.3 is 30.5 Å². The van der Waals surface area contributed by atoms with E-state index in [1.807, 2.05) is 0 Å². The largest absolute Gasteiger partial charge is 0.394 e. The number of hydrogen-bond donors (Lipinski definition) is 5. The van der Waals surface area contributed by atoms with Gasteiger partial charge in [0.2, 0.25) is 5.52 Å². The minimum Gasteiger partial charge on any atom is -0.394 e. The van der Waals surface area contributed by atoms with E-state index >= 15 is 0 Å². The van der Waals surface area contributed by atoms with Crippen molar-refractivity contribution in [3.8, 4) is 0 Å². The van der Waals surface area contributed by atoms with E-state index in [-0.39, 0.29) is 22.4 Å². The third-order valence-electron chi connectivity index (χ3n) is 3.81. The summed E-state index contributed by atoms with van der Waals surface area (Å²) in [5.41, 5.74) is -0.238. The van der Waals surface area contributed by atoms with Gasteiger partial charge in [0.25, 0.3) is 0 Å². The molecule has 2 heterocycles. The van der Waals surface area contributed by atoms with E-state index in [1.54, 1.807) is 0 Å². The van der Waals surface area contributed by atoms with Gasteiger partial charge in [0, 0.05) is 6.07 Å². The Balaban J connectivity index is 1.91. The second-order valence-corrected chi connectivity index (χ2v) is 5.25. The number of rotatable bonds is 4. The van der Waals surface area contributed by atoms with Crippen LogP contribution in [0.15, 0.2) is 16.8 Å². The maximum atomic E-state index is 10.9. The molecule has 0 aliphatic carbocycles. The highest BCUT2D eigenvalue weighted by molar-refractivity contribution is 5.93. The van der Waals surface area contributed by atoms with Crippen molar-refractivity contribution in [2.45, 2.75) is 30.6 Å². The topological polar surface area (TPSA) is 184 Å². The van der Waals surface area contributed by atoms with Gasteiger partial charge in [0.05, 0.1) is 17.2 Å². The molecule has 5 N–H and O–H groups in total. The molecule has 1 aliphatic heterocycles. The molecule has 1 saturated heterocycles. The fraction of sp³-hybridized carbons (Fsp3) is 0.500. The summed E-state index contributed by atoms with van der Waals surface area (Å²) >= 11 is 0. The zero-order valence-electron chi connectivity index (χ0n) is 12.0. The number of non-ortho nitro benzene ring substituents is 1. The van der Waals surface area contributed by atoms with Crippen molar-refractivity contribution in [2.24, 2.45) is 0 Å². The number of benzene rings is 1. The summed E-state index contributed by atoms with van der Waals surface area (Å²) in [7, 11) is 0. The van der Waals surface area contributed by atoms with E-state index in [4.69, 9.17) is 9.84 Å². The molecule has 1 aromatic heterocycles. The van der Waals surface area contributed by atoms with Crippen molar-refractivity contribution in [1.82, 2.24) is 10.3 Å². The first-order chi connectivity index (χ1) is 11.4. The predicted molar refractivity (Wildman–Crippen MR) is 75.8 cm³/mol. The molecule has 0 amide bonds. The van der Waals surface area contributed by atoms with Gasteiger partial charge >= 0.3 is 5.69 Å². The molecule has 5 atom stereocenters. The number of nitrogens with one attached hydrogen (secondary N) is 1. The molecule has 2 aromatic rings. The Morgan fingerprint density at radius 3 is 2.58 bits per heavy atom. The van der Waals surface area contributed by atoms with E-state index in [2.05, 4.69) is 20.3 Å². The van der Waals surface area contributed by atoms with Gasteiger partial charge in [-0.25, -0.2) is 4.63 Å². The van der Waals surface area contributed by atoms with Crippen LogP contribution in [0.3, 0.4) is 0 Å². The molecule has 24 heavy (non-hydrogen) atoms. The van der Waals surface area contributed by atoms with Crippen LogP contribution < -0.4 is 5.32 Å². The van der Waals surface area contributed by atoms with Gasteiger partial charge in [-0.2, -0.15) is 0 Å². The minimum absolute atomic E-state index is 0.0161. The van der Waals surface area contributed by atoms with Crippen LogP contribution in [0.2, 0.25) is 0 Å². The van der Waals surface area contributed by atoms with Crippen LogP contribution in [0, 0.1) is 10.1 Å². The molecule has 0 spiro atoms. The van der Waals surface area contributed by atoms with Crippen molar-refractivity contribution >= 4 is 22.4 Å². The van der Waals surface area contributed by atoms with E-state index in [0.29, 0.717) is 0 Å². The van der Waals surface area contributed by atoms with Crippen LogP contribution in [0.25, 0.3) is 11.0 Å². The number of nitro benzene ring substituents is 1. The number of nitrogens with zero attached hydrogens (tertiary/aromatic N) is 3. The minimum atomic E-state index is -1.55. The zero-order valence-corrected chi connectivity index (χ0v) is 12.0. The van der Waals surface area contributed by atoms with Gasteiger partial charge in [0.15, 0.2) is 11.8 Å². The molecular formula is C12H14N4O8. The summed E-state index contributed by atoms with van der Waals surface area (Å²) in [4.78, 5) is 10.3. The van der Waals surface area contributed by atoms with Crippen LogP contribution in [0.4, 0.5) is 11.4 Å². The highest BCUT2D eigenvalue weighted by atomic mass is 16.6. The van der Waals surface area contributed by atoms with Crippen molar-refractivity contribution in [2.75, 3.05) is 11.9 Å². The fourth-order valence-corrected chi connectivity index (χ4v) is 2.55. The molecule has 1 fully saturated rings. The predicted octanol–water partition coefficient (Wildman–Crippen LogP) is -1.66. The van der Waals surface area contributed by atoms with Crippen LogP contribution >= 0.6 is 0 Å². The van der Waals surface area contributed by atoms with Crippen molar-refractivity contribution in [3.63, 3.8) is 0 Å². The summed E-state index contributed by atoms with van der Waals surface area (Å²) in [6.07, 6.45) is -5.61. The third-order valence-corrected chi connectivity index (χ3v) is 3.81. The number of aliphatic hydroxyl groups excluding tert-OH is 4. The van der Waals surface area contributed by atoms with Gasteiger partial charge in [-0.3, -0.25) is 10.1 Å². The lowest BCUT2D eigenvalue weighted by molar-refractivity contribution is -0.383. The monoisotopic (exact) mass is 342 g/mol. The molecule has 1 aliphatic rings. The normalized spacial score (nSPS) is 30.4. The maximum absolute atomic E-state index is 10.9. The molecule has 0 radical (unpaired) electrons. The molecule has 130 valence electrons. The number of aromatic nitrogens is 2. The Morgan fingerprint density at radius 1 is 1.21 bits per heavy atom. The quantitative estimate of drug-likeness (QED) is 0.316. The summed E-state index contributed by atoms with van der Waals surface area (Å²) in [6, 6.07) is 1.28. The van der Waals surface area contributed by atoms with Gasteiger partial charge in [-0.1, -0.05) is 0 Å². The SMILES string of the molecule is O=[N+]([O-])c1ccc(N[C@H]2[C@H](O)[C@@H](O)[C@@H](CO)O[C@H]2O)c2nonc12. The van der Waals surface area contributed by atoms with E-state index in [1.165, 1.54) is 6.07 Å². The van der Waals surface area contributed by atoms with Gasteiger partial charge in [-0.05, 0) is 16.4 Å². The Labute approximate surface area is 133 Å². The molecule has 12 heteroatoms. The van der Waals surface area contributed by atoms with Gasteiger partial charge in [-0.15, -0.1) is 0 Å². The van der Waals surface area contributed by atoms with Crippen LogP contribution in [-0.2, 0) is 4.74 Å². The number of hydrogen-bond acceptors (Lipinski definition) is 11. The summed E-state index contributed by atoms with van der Waals surface area (Å²) in [5, 5.41) is 59.7. The van der Waals surface area contributed by atoms with Crippen LogP contribution in [-0.4, -0.2) is 72.9 Å². The lowest BCUT2D eigenvalue weighted by atomic mass is 9.96. The summed E-state index contributed by atoms with van der Waals surface area (Å²) in [6.45, 7) is -0.586. The molecule has 0 bridgehead atoms. The second kappa shape index (κ2) is 6.26. The average molecular weight is 342 g/mol. The van der Waals surface area contributed by atoms with E-state index in [0.717, 1.165) is 6.07 Å². The molecule has 0 unspecified atom stereocenters. The number of fused-ring (bicyclic) bond motifs is 1. The molecule has 1 aromatic carbocycles. The maximum Gasteiger partial charge on any atom is 0.300 e. The lowest BCUT2D eigenvalue weighted by Gasteiger charge is -2.40. The van der Waals surface area contributed by atoms with E-state index in [9.17, 15) is 25.4 Å². The first-order valence-corrected chi connectivity index (χ1v) is 6.90. The highest BCUT2D eigenvalue weighted by Gasteiger charge is 2.44. The standard InChI is InChI=1S/C12H14N4O8/c17-3-6-10(18)11(19)9(12(20)23-6)13-4-1-2-5(16(21)22)8-7(4)14-24-15-8/h1-2,6,9-13,17-20H,3H2/t6-,9+,10+,11+,12-/m1/s1. The molecular weight excluding hydrogens is 328 g/mol. The first kappa shape index (κ1) is 16.5. The summed E-state index contributed by atoms with van der Waals surface area (Å²) < 4.78 is 9.54. The number of aliphatic hydroxyl groups is 4. The molecule has 0 saturated carbocycles. The highest BCUT2D eigenvalue weighted by Crippen LogP contribution is 2.31. The Bertz CT molecular complexity index is 752. The first-order valence-electron chi connectivity index (χ1n) is 6.90. The van der Waals surface area contributed by atoms with Crippen molar-refractivity contribution in [1.29, 1.82) is 0 Å². The number of ether oxygens (including phenoxy) is 1. The second-order valence-electron chi connectivity index (χ2n) is 5.25.